The molecule has 0 atom stereocenters. The van der Waals surface area contributed by atoms with Crippen molar-refractivity contribution in [3.8, 4) is 22.4 Å². The number of nitrogens with zero attached hydrogens (tertiary/aromatic N) is 2. The van der Waals surface area contributed by atoms with Crippen LogP contribution in [-0.4, -0.2) is 9.78 Å². The Hall–Kier alpha value is -2.07. The average Bonchev–Trinajstić information content (AvgIpc) is 2.75. The molecule has 4 heteroatoms. The summed E-state index contributed by atoms with van der Waals surface area (Å²) in [6, 6.07) is 16.4. The molecule has 0 amide bonds. The minimum Gasteiger partial charge on any atom is -0.383 e. The fourth-order valence-electron chi connectivity index (χ4n) is 2.46. The van der Waals surface area contributed by atoms with E-state index in [1.54, 1.807) is 4.68 Å². The lowest BCUT2D eigenvalue weighted by molar-refractivity contribution is 0.782. The van der Waals surface area contributed by atoms with Gasteiger partial charge in [0.2, 0.25) is 0 Å². The second-order valence-corrected chi connectivity index (χ2v) is 6.03. The van der Waals surface area contributed by atoms with E-state index in [1.807, 2.05) is 31.3 Å². The average molecular weight is 342 g/mol. The zero-order chi connectivity index (χ0) is 15.0. The number of hydrogen-bond donors (Lipinski definition) is 1. The van der Waals surface area contributed by atoms with Crippen LogP contribution in [0.15, 0.2) is 53.0 Å². The fraction of sp³-hybridized carbons (Fsp3) is 0.118. The summed E-state index contributed by atoms with van der Waals surface area (Å²) in [5.74, 6) is 0.676. The molecule has 0 radical (unpaired) electrons. The number of nitrogens with two attached hydrogens (primary N) is 1. The summed E-state index contributed by atoms with van der Waals surface area (Å²) in [7, 11) is 1.87. The molecular formula is C17H16BrN3. The van der Waals surface area contributed by atoms with Crippen LogP contribution in [0.4, 0.5) is 5.82 Å². The molecule has 0 aliphatic carbocycles. The molecule has 1 aromatic heterocycles. The van der Waals surface area contributed by atoms with Crippen LogP contribution in [-0.2, 0) is 7.05 Å². The van der Waals surface area contributed by atoms with E-state index in [2.05, 4.69) is 52.2 Å². The predicted octanol–water partition coefficient (Wildman–Crippen LogP) is 4.41. The third-order valence-electron chi connectivity index (χ3n) is 3.50. The van der Waals surface area contributed by atoms with E-state index in [9.17, 15) is 0 Å². The van der Waals surface area contributed by atoms with Crippen molar-refractivity contribution >= 4 is 21.7 Å². The van der Waals surface area contributed by atoms with E-state index in [0.717, 1.165) is 26.9 Å². The van der Waals surface area contributed by atoms with Crippen LogP contribution in [0.1, 0.15) is 5.56 Å². The highest BCUT2D eigenvalue weighted by Gasteiger charge is 2.17. The van der Waals surface area contributed by atoms with Gasteiger partial charge in [0.15, 0.2) is 0 Å². The normalized spacial score (nSPS) is 10.8. The van der Waals surface area contributed by atoms with Gasteiger partial charge in [0, 0.05) is 17.1 Å². The van der Waals surface area contributed by atoms with Crippen LogP contribution >= 0.6 is 15.9 Å². The summed E-state index contributed by atoms with van der Waals surface area (Å²) in [4.78, 5) is 0. The molecule has 3 nitrogen and oxygen atoms in total. The molecule has 21 heavy (non-hydrogen) atoms. The van der Waals surface area contributed by atoms with Crippen molar-refractivity contribution < 1.29 is 0 Å². The van der Waals surface area contributed by atoms with Gasteiger partial charge in [0.05, 0.1) is 5.56 Å². The molecule has 0 aliphatic heterocycles. The number of hydrogen-bond acceptors (Lipinski definition) is 2. The number of nitrogen functional groups attached to an aromatic ring is 1. The van der Waals surface area contributed by atoms with Crippen molar-refractivity contribution in [2.24, 2.45) is 7.05 Å². The highest BCUT2D eigenvalue weighted by molar-refractivity contribution is 9.10. The molecule has 0 spiro atoms. The number of aromatic nitrogens is 2. The van der Waals surface area contributed by atoms with Crippen LogP contribution < -0.4 is 5.73 Å². The van der Waals surface area contributed by atoms with Gasteiger partial charge >= 0.3 is 0 Å². The summed E-state index contributed by atoms with van der Waals surface area (Å²) in [6.45, 7) is 2.08. The Kier molecular flexibility index (Phi) is 3.55. The topological polar surface area (TPSA) is 43.8 Å². The molecule has 106 valence electrons. The van der Waals surface area contributed by atoms with Crippen molar-refractivity contribution in [1.82, 2.24) is 9.78 Å². The van der Waals surface area contributed by atoms with Gasteiger partial charge < -0.3 is 5.73 Å². The smallest absolute Gasteiger partial charge is 0.129 e. The summed E-state index contributed by atoms with van der Waals surface area (Å²) in [5, 5.41) is 4.60. The maximum Gasteiger partial charge on any atom is 0.129 e. The van der Waals surface area contributed by atoms with E-state index in [1.165, 1.54) is 5.56 Å². The molecule has 2 N–H and O–H groups in total. The molecule has 0 fully saturated rings. The predicted molar refractivity (Wildman–Crippen MR) is 90.9 cm³/mol. The first kappa shape index (κ1) is 13.9. The van der Waals surface area contributed by atoms with E-state index in [-0.39, 0.29) is 0 Å². The van der Waals surface area contributed by atoms with Gasteiger partial charge in [-0.2, -0.15) is 5.10 Å². The number of benzene rings is 2. The van der Waals surface area contributed by atoms with Gasteiger partial charge in [-0.3, -0.25) is 4.68 Å². The number of anilines is 1. The van der Waals surface area contributed by atoms with Crippen LogP contribution in [0.2, 0.25) is 0 Å². The Labute approximate surface area is 132 Å². The first-order chi connectivity index (χ1) is 10.1. The van der Waals surface area contributed by atoms with Crippen molar-refractivity contribution in [2.75, 3.05) is 5.73 Å². The Morgan fingerprint density at radius 1 is 1.05 bits per heavy atom. The second-order valence-electron chi connectivity index (χ2n) is 5.11. The van der Waals surface area contributed by atoms with Crippen LogP contribution in [0.3, 0.4) is 0 Å². The van der Waals surface area contributed by atoms with Crippen molar-refractivity contribution in [2.45, 2.75) is 6.92 Å². The van der Waals surface area contributed by atoms with Crippen molar-refractivity contribution in [3.05, 3.63) is 58.6 Å². The molecule has 0 saturated carbocycles. The Morgan fingerprint density at radius 2 is 1.76 bits per heavy atom. The number of rotatable bonds is 2. The SMILES string of the molecule is Cc1cccc(-c2c(-c3cccc(Br)c3)nn(C)c2N)c1. The first-order valence-electron chi connectivity index (χ1n) is 6.71. The minimum absolute atomic E-state index is 0.676. The highest BCUT2D eigenvalue weighted by atomic mass is 79.9. The molecular weight excluding hydrogens is 326 g/mol. The van der Waals surface area contributed by atoms with Gasteiger partial charge in [0.1, 0.15) is 11.5 Å². The highest BCUT2D eigenvalue weighted by Crippen LogP contribution is 2.36. The van der Waals surface area contributed by atoms with Crippen molar-refractivity contribution in [1.29, 1.82) is 0 Å². The summed E-state index contributed by atoms with van der Waals surface area (Å²) >= 11 is 3.51. The van der Waals surface area contributed by atoms with Crippen LogP contribution in [0, 0.1) is 6.92 Å². The summed E-state index contributed by atoms with van der Waals surface area (Å²) in [5.41, 5.74) is 11.5. The molecule has 2 aromatic carbocycles. The largest absolute Gasteiger partial charge is 0.383 e. The lowest BCUT2D eigenvalue weighted by Gasteiger charge is -2.06. The first-order valence-corrected chi connectivity index (χ1v) is 7.51. The Balaban J connectivity index is 2.25. The fourth-order valence-corrected chi connectivity index (χ4v) is 2.86. The standard InChI is InChI=1S/C17H16BrN3/c1-11-5-3-6-12(9-11)15-16(20-21(2)17(15)19)13-7-4-8-14(18)10-13/h3-10H,19H2,1-2H3. The molecule has 0 bridgehead atoms. The lowest BCUT2D eigenvalue weighted by atomic mass is 9.99. The molecule has 1 heterocycles. The monoisotopic (exact) mass is 341 g/mol. The summed E-state index contributed by atoms with van der Waals surface area (Å²) < 4.78 is 2.76. The third kappa shape index (κ3) is 2.59. The lowest BCUT2D eigenvalue weighted by Crippen LogP contribution is -1.98. The molecule has 0 saturated heterocycles. The van der Waals surface area contributed by atoms with E-state index >= 15 is 0 Å². The van der Waals surface area contributed by atoms with E-state index in [4.69, 9.17) is 5.73 Å². The molecule has 0 aliphatic rings. The molecule has 3 aromatic rings. The van der Waals surface area contributed by atoms with Crippen LogP contribution in [0.25, 0.3) is 22.4 Å². The van der Waals surface area contributed by atoms with Crippen LogP contribution in [0.5, 0.6) is 0 Å². The van der Waals surface area contributed by atoms with E-state index in [0.29, 0.717) is 5.82 Å². The van der Waals surface area contributed by atoms with Gasteiger partial charge in [-0.25, -0.2) is 0 Å². The number of aryl methyl sites for hydroxylation is 2. The van der Waals surface area contributed by atoms with Crippen molar-refractivity contribution in [3.63, 3.8) is 0 Å². The maximum absolute atomic E-state index is 6.25. The number of halogens is 1. The quantitative estimate of drug-likeness (QED) is 0.750. The Bertz CT molecular complexity index is 806. The maximum atomic E-state index is 6.25. The third-order valence-corrected chi connectivity index (χ3v) is 3.99. The van der Waals surface area contributed by atoms with Gasteiger partial charge in [-0.05, 0) is 24.6 Å². The summed E-state index contributed by atoms with van der Waals surface area (Å²) in [6.07, 6.45) is 0. The second kappa shape index (κ2) is 5.37. The van der Waals surface area contributed by atoms with Gasteiger partial charge in [-0.15, -0.1) is 0 Å². The zero-order valence-corrected chi connectivity index (χ0v) is 13.6. The van der Waals surface area contributed by atoms with Gasteiger partial charge in [0.25, 0.3) is 0 Å². The molecule has 0 unspecified atom stereocenters. The molecule has 3 rings (SSSR count). The minimum atomic E-state index is 0.676. The van der Waals surface area contributed by atoms with Gasteiger partial charge in [-0.1, -0.05) is 57.9 Å². The zero-order valence-electron chi connectivity index (χ0n) is 12.0. The Morgan fingerprint density at radius 3 is 2.48 bits per heavy atom. The van der Waals surface area contributed by atoms with E-state index < -0.39 is 0 Å².